The number of hydrogen-bond donors (Lipinski definition) is 0. The summed E-state index contributed by atoms with van der Waals surface area (Å²) in [5, 5.41) is 3.69. The minimum atomic E-state index is -3.32. The van der Waals surface area contributed by atoms with E-state index in [0.29, 0.717) is 18.8 Å². The van der Waals surface area contributed by atoms with Gasteiger partial charge in [0.2, 0.25) is 10.0 Å². The van der Waals surface area contributed by atoms with Crippen molar-refractivity contribution in [2.45, 2.75) is 44.1 Å². The first-order valence-electron chi connectivity index (χ1n) is 8.11. The minimum absolute atomic E-state index is 0.0204. The lowest BCUT2D eigenvalue weighted by molar-refractivity contribution is -0.0313. The van der Waals surface area contributed by atoms with Gasteiger partial charge in [-0.2, -0.15) is 4.31 Å². The number of sulfonamides is 1. The fourth-order valence-corrected chi connectivity index (χ4v) is 4.70. The van der Waals surface area contributed by atoms with E-state index in [0.717, 1.165) is 32.5 Å². The molecule has 0 bridgehead atoms. The average molecular weight is 343 g/mol. The van der Waals surface area contributed by atoms with Crippen LogP contribution in [0.5, 0.6) is 0 Å². The minimum Gasteiger partial charge on any atom is -0.371 e. The molecule has 130 valence electrons. The Morgan fingerprint density at radius 3 is 2.61 bits per heavy atom. The van der Waals surface area contributed by atoms with Crippen LogP contribution in [-0.2, 0) is 20.5 Å². The Kier molecular flexibility index (Phi) is 4.78. The van der Waals surface area contributed by atoms with Gasteiger partial charge in [-0.15, -0.1) is 0 Å². The number of rotatable bonds is 5. The van der Waals surface area contributed by atoms with Crippen molar-refractivity contribution in [3.8, 4) is 0 Å². The molecular weight excluding hydrogens is 318 g/mol. The summed E-state index contributed by atoms with van der Waals surface area (Å²) in [7, 11) is -3.32. The first-order valence-corrected chi connectivity index (χ1v) is 9.72. The second kappa shape index (κ2) is 6.51. The Labute approximate surface area is 137 Å². The van der Waals surface area contributed by atoms with E-state index in [2.05, 4.69) is 23.9 Å². The zero-order chi connectivity index (χ0) is 16.5. The molecule has 8 heteroatoms. The zero-order valence-corrected chi connectivity index (χ0v) is 14.6. The molecule has 2 fully saturated rings. The molecule has 0 N–H and O–H groups in total. The number of hydrogen-bond acceptors (Lipinski definition) is 6. The van der Waals surface area contributed by atoms with Gasteiger partial charge in [0.25, 0.3) is 0 Å². The molecule has 0 aromatic carbocycles. The largest absolute Gasteiger partial charge is 0.371 e. The maximum absolute atomic E-state index is 12.4. The lowest BCUT2D eigenvalue weighted by atomic mass is 10.1. The molecule has 1 aromatic heterocycles. The molecule has 0 spiro atoms. The van der Waals surface area contributed by atoms with Gasteiger partial charge in [0.15, 0.2) is 0 Å². The van der Waals surface area contributed by atoms with Crippen molar-refractivity contribution >= 4 is 10.0 Å². The predicted octanol–water partition coefficient (Wildman–Crippen LogP) is 1.08. The Bertz CT molecular complexity index is 607. The van der Waals surface area contributed by atoms with Crippen molar-refractivity contribution < 1.29 is 17.7 Å². The van der Waals surface area contributed by atoms with E-state index in [1.807, 2.05) is 0 Å². The van der Waals surface area contributed by atoms with E-state index in [-0.39, 0.29) is 17.5 Å². The quantitative estimate of drug-likeness (QED) is 0.796. The van der Waals surface area contributed by atoms with E-state index in [1.165, 1.54) is 6.26 Å². The van der Waals surface area contributed by atoms with E-state index in [4.69, 9.17) is 9.26 Å². The summed E-state index contributed by atoms with van der Waals surface area (Å²) in [5.74, 6) is -0.0938. The molecule has 0 saturated carbocycles. The van der Waals surface area contributed by atoms with Crippen molar-refractivity contribution in [3.63, 3.8) is 0 Å². The van der Waals surface area contributed by atoms with Crippen LogP contribution in [0.15, 0.2) is 16.9 Å². The third-order valence-electron chi connectivity index (χ3n) is 4.56. The Hall–Kier alpha value is -0.960. The van der Waals surface area contributed by atoms with Gasteiger partial charge in [-0.3, -0.25) is 4.90 Å². The Balaban J connectivity index is 1.48. The Morgan fingerprint density at radius 2 is 2.04 bits per heavy atom. The second-order valence-corrected chi connectivity index (χ2v) is 8.95. The van der Waals surface area contributed by atoms with Crippen LogP contribution in [0.1, 0.15) is 32.4 Å². The molecule has 7 nitrogen and oxygen atoms in total. The third-order valence-corrected chi connectivity index (χ3v) is 6.37. The van der Waals surface area contributed by atoms with Gasteiger partial charge < -0.3 is 9.26 Å². The first-order chi connectivity index (χ1) is 10.8. The molecule has 0 aliphatic carbocycles. The predicted molar refractivity (Wildman–Crippen MR) is 85.3 cm³/mol. The summed E-state index contributed by atoms with van der Waals surface area (Å²) in [6.07, 6.45) is 3.83. The molecule has 23 heavy (non-hydrogen) atoms. The SMILES string of the molecule is CC1(C)CCC(CN2CCN(S(=O)(=O)Cc3ccon3)CC2)O1. The van der Waals surface area contributed by atoms with Crippen LogP contribution < -0.4 is 0 Å². The van der Waals surface area contributed by atoms with Gasteiger partial charge in [-0.25, -0.2) is 8.42 Å². The van der Waals surface area contributed by atoms with Gasteiger partial charge in [0.05, 0.1) is 17.4 Å². The van der Waals surface area contributed by atoms with Crippen molar-refractivity contribution in [3.05, 3.63) is 18.0 Å². The van der Waals surface area contributed by atoms with Crippen LogP contribution in [0.4, 0.5) is 0 Å². The maximum Gasteiger partial charge on any atom is 0.220 e. The maximum atomic E-state index is 12.4. The highest BCUT2D eigenvalue weighted by atomic mass is 32.2. The smallest absolute Gasteiger partial charge is 0.220 e. The van der Waals surface area contributed by atoms with E-state index < -0.39 is 10.0 Å². The standard InChI is InChI=1S/C15H25N3O4S/c1-15(2)5-3-14(22-15)11-17-6-8-18(9-7-17)23(19,20)12-13-4-10-21-16-13/h4,10,14H,3,5-9,11-12H2,1-2H3. The molecule has 1 unspecified atom stereocenters. The molecular formula is C15H25N3O4S. The topological polar surface area (TPSA) is 75.9 Å². The third kappa shape index (κ3) is 4.32. The summed E-state index contributed by atoms with van der Waals surface area (Å²) in [4.78, 5) is 2.30. The molecule has 3 rings (SSSR count). The second-order valence-electron chi connectivity index (χ2n) is 6.98. The van der Waals surface area contributed by atoms with Crippen LogP contribution in [0.25, 0.3) is 0 Å². The average Bonchev–Trinajstić information content (AvgIpc) is 3.09. The summed E-state index contributed by atoms with van der Waals surface area (Å²) in [5.41, 5.74) is 0.432. The van der Waals surface area contributed by atoms with E-state index in [9.17, 15) is 8.42 Å². The number of aromatic nitrogens is 1. The summed E-state index contributed by atoms with van der Waals surface area (Å²) in [6.45, 7) is 7.69. The van der Waals surface area contributed by atoms with E-state index >= 15 is 0 Å². The lowest BCUT2D eigenvalue weighted by Crippen LogP contribution is -2.50. The van der Waals surface area contributed by atoms with Crippen LogP contribution in [0.2, 0.25) is 0 Å². The Morgan fingerprint density at radius 1 is 1.30 bits per heavy atom. The molecule has 0 amide bonds. The first kappa shape index (κ1) is 16.9. The molecule has 1 atom stereocenters. The van der Waals surface area contributed by atoms with Gasteiger partial charge in [0.1, 0.15) is 12.0 Å². The normalized spacial score (nSPS) is 26.6. The number of nitrogens with zero attached hydrogens (tertiary/aromatic N) is 3. The summed E-state index contributed by atoms with van der Waals surface area (Å²) in [6, 6.07) is 1.59. The van der Waals surface area contributed by atoms with Crippen molar-refractivity contribution in [2.24, 2.45) is 0 Å². The summed E-state index contributed by atoms with van der Waals surface area (Å²) < 4.78 is 37.1. The van der Waals surface area contributed by atoms with Crippen LogP contribution in [-0.4, -0.2) is 67.2 Å². The highest BCUT2D eigenvalue weighted by Gasteiger charge is 2.34. The number of piperazine rings is 1. The van der Waals surface area contributed by atoms with Gasteiger partial charge >= 0.3 is 0 Å². The highest BCUT2D eigenvalue weighted by Crippen LogP contribution is 2.29. The van der Waals surface area contributed by atoms with Crippen LogP contribution in [0, 0.1) is 0 Å². The molecule has 0 radical (unpaired) electrons. The molecule has 3 heterocycles. The molecule has 1 aromatic rings. The highest BCUT2D eigenvalue weighted by molar-refractivity contribution is 7.88. The molecule has 2 aliphatic heterocycles. The van der Waals surface area contributed by atoms with E-state index in [1.54, 1.807) is 10.4 Å². The zero-order valence-electron chi connectivity index (χ0n) is 13.8. The fraction of sp³-hybridized carbons (Fsp3) is 0.800. The summed E-state index contributed by atoms with van der Waals surface area (Å²) >= 11 is 0. The van der Waals surface area contributed by atoms with Crippen molar-refractivity contribution in [1.82, 2.24) is 14.4 Å². The number of ether oxygens (including phenoxy) is 1. The van der Waals surface area contributed by atoms with Gasteiger partial charge in [-0.1, -0.05) is 5.16 Å². The van der Waals surface area contributed by atoms with Crippen LogP contribution >= 0.6 is 0 Å². The van der Waals surface area contributed by atoms with Gasteiger partial charge in [0, 0.05) is 38.8 Å². The van der Waals surface area contributed by atoms with Gasteiger partial charge in [-0.05, 0) is 26.7 Å². The van der Waals surface area contributed by atoms with Crippen LogP contribution in [0.3, 0.4) is 0 Å². The van der Waals surface area contributed by atoms with Crippen molar-refractivity contribution in [1.29, 1.82) is 0 Å². The monoisotopic (exact) mass is 343 g/mol. The fourth-order valence-electron chi connectivity index (χ4n) is 3.27. The molecule has 2 aliphatic rings. The molecule has 2 saturated heterocycles. The lowest BCUT2D eigenvalue weighted by Gasteiger charge is -2.35. The van der Waals surface area contributed by atoms with Crippen molar-refractivity contribution in [2.75, 3.05) is 32.7 Å².